The van der Waals surface area contributed by atoms with Crippen LogP contribution >= 0.6 is 11.6 Å². The summed E-state index contributed by atoms with van der Waals surface area (Å²) < 4.78 is 52.1. The lowest BCUT2D eigenvalue weighted by Crippen LogP contribution is -2.13. The topological polar surface area (TPSA) is 55.4 Å². The molecule has 1 aromatic rings. The van der Waals surface area contributed by atoms with Crippen LogP contribution in [0.1, 0.15) is 0 Å². The standard InChI is InChI=1S/C8H8ClF2NO3S/c9-5-16(13,14)12-6-2-1-3-7(4-6)15-8(10)11/h1-4,8,12H,5H2. The summed E-state index contributed by atoms with van der Waals surface area (Å²) in [6.45, 7) is -2.96. The Bertz CT molecular complexity index is 452. The summed E-state index contributed by atoms with van der Waals surface area (Å²) in [6, 6.07) is 5.19. The molecule has 4 nitrogen and oxygen atoms in total. The Morgan fingerprint density at radius 2 is 2.12 bits per heavy atom. The van der Waals surface area contributed by atoms with E-state index < -0.39 is 21.8 Å². The van der Waals surface area contributed by atoms with Crippen LogP contribution in [0.15, 0.2) is 24.3 Å². The monoisotopic (exact) mass is 271 g/mol. The number of hydrogen-bond donors (Lipinski definition) is 1. The van der Waals surface area contributed by atoms with E-state index in [0.717, 1.165) is 6.07 Å². The summed E-state index contributed by atoms with van der Waals surface area (Å²) in [5.41, 5.74) is 0.110. The number of ether oxygens (including phenoxy) is 1. The zero-order valence-electron chi connectivity index (χ0n) is 7.86. The molecule has 90 valence electrons. The highest BCUT2D eigenvalue weighted by Crippen LogP contribution is 2.20. The molecule has 1 aromatic carbocycles. The van der Waals surface area contributed by atoms with Crippen LogP contribution in [0, 0.1) is 0 Å². The normalized spacial score (nSPS) is 11.5. The quantitative estimate of drug-likeness (QED) is 0.836. The van der Waals surface area contributed by atoms with Crippen LogP contribution in [0.25, 0.3) is 0 Å². The minimum Gasteiger partial charge on any atom is -0.435 e. The largest absolute Gasteiger partial charge is 0.435 e. The molecule has 0 saturated carbocycles. The highest BCUT2D eigenvalue weighted by Gasteiger charge is 2.09. The maximum Gasteiger partial charge on any atom is 0.387 e. The van der Waals surface area contributed by atoms with Gasteiger partial charge in [-0.2, -0.15) is 8.78 Å². The molecular formula is C8H8ClF2NO3S. The van der Waals surface area contributed by atoms with Crippen LogP contribution in [-0.2, 0) is 10.0 Å². The maximum absolute atomic E-state index is 11.9. The van der Waals surface area contributed by atoms with Gasteiger partial charge in [0, 0.05) is 6.07 Å². The van der Waals surface area contributed by atoms with E-state index in [9.17, 15) is 17.2 Å². The second kappa shape index (κ2) is 5.31. The molecular weight excluding hydrogens is 264 g/mol. The Morgan fingerprint density at radius 1 is 1.44 bits per heavy atom. The molecule has 0 atom stereocenters. The summed E-state index contributed by atoms with van der Waals surface area (Å²) in [6.07, 6.45) is 0. The van der Waals surface area contributed by atoms with E-state index >= 15 is 0 Å². The van der Waals surface area contributed by atoms with E-state index in [2.05, 4.69) is 9.46 Å². The highest BCUT2D eigenvalue weighted by molar-refractivity contribution is 7.93. The van der Waals surface area contributed by atoms with Gasteiger partial charge in [-0.15, -0.1) is 11.6 Å². The predicted octanol–water partition coefficient (Wildman–Crippen LogP) is 2.23. The number of anilines is 1. The van der Waals surface area contributed by atoms with Crippen molar-refractivity contribution in [1.29, 1.82) is 0 Å². The van der Waals surface area contributed by atoms with Gasteiger partial charge in [0.2, 0.25) is 10.0 Å². The van der Waals surface area contributed by atoms with E-state index in [1.165, 1.54) is 18.2 Å². The highest BCUT2D eigenvalue weighted by atomic mass is 35.5. The third-order valence-electron chi connectivity index (χ3n) is 1.48. The molecule has 1 rings (SSSR count). The zero-order valence-corrected chi connectivity index (χ0v) is 9.43. The number of alkyl halides is 3. The predicted molar refractivity (Wildman–Crippen MR) is 56.3 cm³/mol. The van der Waals surface area contributed by atoms with Gasteiger partial charge in [0.25, 0.3) is 0 Å². The minimum atomic E-state index is -3.65. The van der Waals surface area contributed by atoms with E-state index in [4.69, 9.17) is 11.6 Å². The molecule has 0 unspecified atom stereocenters. The van der Waals surface area contributed by atoms with Crippen molar-refractivity contribution in [2.24, 2.45) is 0 Å². The zero-order chi connectivity index (χ0) is 12.2. The van der Waals surface area contributed by atoms with E-state index in [-0.39, 0.29) is 11.4 Å². The van der Waals surface area contributed by atoms with Crippen molar-refractivity contribution in [2.75, 3.05) is 9.93 Å². The molecule has 0 saturated heterocycles. The Balaban J connectivity index is 2.83. The molecule has 0 spiro atoms. The van der Waals surface area contributed by atoms with E-state index in [1.807, 2.05) is 0 Å². The molecule has 0 aliphatic heterocycles. The molecule has 0 aliphatic carbocycles. The van der Waals surface area contributed by atoms with Crippen molar-refractivity contribution in [3.8, 4) is 5.75 Å². The fourth-order valence-electron chi connectivity index (χ4n) is 0.943. The van der Waals surface area contributed by atoms with Gasteiger partial charge in [-0.05, 0) is 12.1 Å². The Hall–Kier alpha value is -1.08. The number of rotatable bonds is 5. The second-order valence-corrected chi connectivity index (χ2v) is 5.04. The fraction of sp³-hybridized carbons (Fsp3) is 0.250. The lowest BCUT2D eigenvalue weighted by Gasteiger charge is -2.08. The van der Waals surface area contributed by atoms with Crippen LogP contribution in [0.5, 0.6) is 5.75 Å². The molecule has 0 amide bonds. The molecule has 0 fully saturated rings. The summed E-state index contributed by atoms with van der Waals surface area (Å²) in [5, 5.41) is -0.618. The van der Waals surface area contributed by atoms with E-state index in [1.54, 1.807) is 0 Å². The summed E-state index contributed by atoms with van der Waals surface area (Å²) in [5.74, 6) is -0.134. The Morgan fingerprint density at radius 3 is 2.69 bits per heavy atom. The molecule has 0 bridgehead atoms. The lowest BCUT2D eigenvalue weighted by molar-refractivity contribution is -0.0497. The van der Waals surface area contributed by atoms with Gasteiger partial charge in [0.15, 0.2) is 0 Å². The maximum atomic E-state index is 11.9. The van der Waals surface area contributed by atoms with Gasteiger partial charge < -0.3 is 4.74 Å². The molecule has 0 aromatic heterocycles. The van der Waals surface area contributed by atoms with Crippen molar-refractivity contribution in [3.63, 3.8) is 0 Å². The molecule has 1 N–H and O–H groups in total. The number of halogens is 3. The lowest BCUT2D eigenvalue weighted by atomic mass is 10.3. The third-order valence-corrected chi connectivity index (χ3v) is 3.17. The van der Waals surface area contributed by atoms with Crippen LogP contribution in [0.3, 0.4) is 0 Å². The molecule has 16 heavy (non-hydrogen) atoms. The van der Waals surface area contributed by atoms with Crippen molar-refractivity contribution < 1.29 is 21.9 Å². The van der Waals surface area contributed by atoms with Crippen molar-refractivity contribution in [2.45, 2.75) is 6.61 Å². The third kappa shape index (κ3) is 4.19. The van der Waals surface area contributed by atoms with Gasteiger partial charge in [-0.25, -0.2) is 8.42 Å². The number of nitrogens with one attached hydrogen (secondary N) is 1. The van der Waals surface area contributed by atoms with Crippen molar-refractivity contribution in [1.82, 2.24) is 0 Å². The van der Waals surface area contributed by atoms with Crippen LogP contribution in [0.2, 0.25) is 0 Å². The second-order valence-electron chi connectivity index (χ2n) is 2.73. The van der Waals surface area contributed by atoms with Crippen molar-refractivity contribution >= 4 is 27.3 Å². The van der Waals surface area contributed by atoms with Gasteiger partial charge >= 0.3 is 6.61 Å². The number of hydrogen-bond acceptors (Lipinski definition) is 3. The first-order valence-corrected chi connectivity index (χ1v) is 6.23. The average Bonchev–Trinajstić information content (AvgIpc) is 2.16. The van der Waals surface area contributed by atoms with Gasteiger partial charge in [-0.3, -0.25) is 4.72 Å². The molecule has 0 radical (unpaired) electrons. The van der Waals surface area contributed by atoms with Gasteiger partial charge in [0.05, 0.1) is 5.69 Å². The molecule has 8 heteroatoms. The minimum absolute atomic E-state index is 0.110. The number of benzene rings is 1. The first-order chi connectivity index (χ1) is 7.43. The van der Waals surface area contributed by atoms with E-state index in [0.29, 0.717) is 0 Å². The average molecular weight is 272 g/mol. The summed E-state index contributed by atoms with van der Waals surface area (Å²) >= 11 is 5.17. The number of sulfonamides is 1. The van der Waals surface area contributed by atoms with Crippen molar-refractivity contribution in [3.05, 3.63) is 24.3 Å². The van der Waals surface area contributed by atoms with Crippen LogP contribution in [-0.4, -0.2) is 20.2 Å². The first-order valence-electron chi connectivity index (χ1n) is 4.04. The van der Waals surface area contributed by atoms with Gasteiger partial charge in [0.1, 0.15) is 11.0 Å². The molecule has 0 aliphatic rings. The van der Waals surface area contributed by atoms with Crippen LogP contribution in [0.4, 0.5) is 14.5 Å². The Labute approximate surface area is 96.2 Å². The fourth-order valence-corrected chi connectivity index (χ4v) is 1.65. The first kappa shape index (κ1) is 13.0. The summed E-state index contributed by atoms with van der Waals surface area (Å²) in [7, 11) is -3.65. The van der Waals surface area contributed by atoms with Crippen LogP contribution < -0.4 is 9.46 Å². The summed E-state index contributed by atoms with van der Waals surface area (Å²) in [4.78, 5) is 0. The Kier molecular flexibility index (Phi) is 4.31. The SMILES string of the molecule is O=S(=O)(CCl)Nc1cccc(OC(F)F)c1. The van der Waals surface area contributed by atoms with Gasteiger partial charge in [-0.1, -0.05) is 6.07 Å². The molecule has 0 heterocycles. The smallest absolute Gasteiger partial charge is 0.387 e.